The van der Waals surface area contributed by atoms with Gasteiger partial charge in [0.15, 0.2) is 0 Å². The molecule has 0 unspecified atom stereocenters. The summed E-state index contributed by atoms with van der Waals surface area (Å²) >= 11 is 5.82. The van der Waals surface area contributed by atoms with E-state index in [0.717, 1.165) is 11.3 Å². The number of nitro benzene ring substituents is 1. The van der Waals surface area contributed by atoms with Crippen molar-refractivity contribution in [1.82, 2.24) is 0 Å². The van der Waals surface area contributed by atoms with Gasteiger partial charge in [0.05, 0.1) is 4.92 Å². The molecule has 0 aliphatic rings. The molecule has 1 aromatic carbocycles. The molecule has 0 atom stereocenters. The number of nitrogens with two attached hydrogens (primary N) is 1. The van der Waals surface area contributed by atoms with Gasteiger partial charge in [-0.3, -0.25) is 15.8 Å². The van der Waals surface area contributed by atoms with Crippen LogP contribution >= 0.6 is 11.6 Å². The smallest absolute Gasteiger partial charge is 0.286 e. The van der Waals surface area contributed by atoms with Crippen molar-refractivity contribution in [3.8, 4) is 17.2 Å². The normalized spacial score (nSPS) is 10.2. The maximum Gasteiger partial charge on any atom is 0.289 e. The molecule has 6 nitrogen and oxygen atoms in total. The van der Waals surface area contributed by atoms with Crippen LogP contribution < -0.4 is 10.7 Å². The van der Waals surface area contributed by atoms with E-state index < -0.39 is 4.92 Å². The Balaban J connectivity index is 2.82. The molecule has 7 heteroatoms. The number of benzene rings is 1. The molecule has 106 valence electrons. The van der Waals surface area contributed by atoms with Crippen LogP contribution in [0.2, 0.25) is 5.02 Å². The van der Waals surface area contributed by atoms with E-state index in [0.29, 0.717) is 11.1 Å². The minimum Gasteiger partial charge on any atom is -0.286 e. The molecular formula is C14H12ClN4O2+. The lowest BCUT2D eigenvalue weighted by atomic mass is 9.95. The lowest BCUT2D eigenvalue weighted by Crippen LogP contribution is -2.18. The van der Waals surface area contributed by atoms with Gasteiger partial charge in [-0.25, -0.2) is 4.98 Å². The topological polar surface area (TPSA) is 107 Å². The van der Waals surface area contributed by atoms with Crippen molar-refractivity contribution in [3.05, 3.63) is 50.2 Å². The predicted molar refractivity (Wildman–Crippen MR) is 78.7 cm³/mol. The third kappa shape index (κ3) is 2.51. The van der Waals surface area contributed by atoms with Gasteiger partial charge in [-0.2, -0.15) is 5.26 Å². The molecule has 1 heterocycles. The Hall–Kier alpha value is -2.65. The van der Waals surface area contributed by atoms with Crippen molar-refractivity contribution in [2.24, 2.45) is 0 Å². The Labute approximate surface area is 125 Å². The Morgan fingerprint density at radius 2 is 2.10 bits per heavy atom. The summed E-state index contributed by atoms with van der Waals surface area (Å²) in [4.78, 5) is 13.4. The SMILES string of the molecule is Cc1[nH+]c(N)c(C#N)c(-c2ccc(Cl)c([N+](=O)[O-])c2)c1C. The molecule has 2 aromatic rings. The second kappa shape index (κ2) is 5.38. The van der Waals surface area contributed by atoms with Crippen LogP contribution in [-0.2, 0) is 0 Å². The largest absolute Gasteiger partial charge is 0.289 e. The van der Waals surface area contributed by atoms with Crippen LogP contribution in [0.25, 0.3) is 11.1 Å². The maximum absolute atomic E-state index is 11.0. The van der Waals surface area contributed by atoms with E-state index in [9.17, 15) is 15.4 Å². The van der Waals surface area contributed by atoms with Crippen LogP contribution in [0.3, 0.4) is 0 Å². The van der Waals surface area contributed by atoms with E-state index in [1.54, 1.807) is 6.07 Å². The summed E-state index contributed by atoms with van der Waals surface area (Å²) < 4.78 is 0. The molecule has 0 saturated heterocycles. The third-order valence-corrected chi connectivity index (χ3v) is 3.64. The lowest BCUT2D eigenvalue weighted by molar-refractivity contribution is -0.384. The maximum atomic E-state index is 11.0. The fraction of sp³-hybridized carbons (Fsp3) is 0.143. The van der Waals surface area contributed by atoms with Crippen LogP contribution in [0.1, 0.15) is 16.8 Å². The summed E-state index contributed by atoms with van der Waals surface area (Å²) in [5, 5.41) is 20.4. The number of nitro groups is 1. The van der Waals surface area contributed by atoms with Crippen LogP contribution in [0.4, 0.5) is 11.5 Å². The number of aromatic amines is 1. The molecule has 1 aromatic heterocycles. The summed E-state index contributed by atoms with van der Waals surface area (Å²) in [6.07, 6.45) is 0. The first-order valence-electron chi connectivity index (χ1n) is 6.03. The van der Waals surface area contributed by atoms with Gasteiger partial charge in [-0.05, 0) is 25.5 Å². The van der Waals surface area contributed by atoms with Crippen LogP contribution in [0.5, 0.6) is 0 Å². The monoisotopic (exact) mass is 303 g/mol. The lowest BCUT2D eigenvalue weighted by Gasteiger charge is -2.10. The minimum absolute atomic E-state index is 0.0482. The van der Waals surface area contributed by atoms with Crippen molar-refractivity contribution >= 4 is 23.1 Å². The van der Waals surface area contributed by atoms with Crippen molar-refractivity contribution in [2.75, 3.05) is 5.73 Å². The number of aromatic nitrogens is 1. The number of H-pyrrole nitrogens is 1. The summed E-state index contributed by atoms with van der Waals surface area (Å²) in [6.45, 7) is 3.64. The molecule has 0 bridgehead atoms. The molecule has 3 N–H and O–H groups in total. The number of nitriles is 1. The number of nitrogen functional groups attached to an aromatic ring is 1. The zero-order valence-electron chi connectivity index (χ0n) is 11.4. The van der Waals surface area contributed by atoms with Crippen molar-refractivity contribution in [3.63, 3.8) is 0 Å². The van der Waals surface area contributed by atoms with Gasteiger partial charge in [0, 0.05) is 17.2 Å². The highest BCUT2D eigenvalue weighted by molar-refractivity contribution is 6.32. The van der Waals surface area contributed by atoms with Gasteiger partial charge >= 0.3 is 0 Å². The number of nitrogens with one attached hydrogen (secondary N) is 1. The molecule has 0 saturated carbocycles. The predicted octanol–water partition coefficient (Wildman–Crippen LogP) is 2.80. The Kier molecular flexibility index (Phi) is 3.78. The molecule has 0 aliphatic heterocycles. The zero-order valence-corrected chi connectivity index (χ0v) is 12.2. The van der Waals surface area contributed by atoms with Crippen molar-refractivity contribution < 1.29 is 9.91 Å². The minimum atomic E-state index is -0.557. The number of pyridine rings is 1. The second-order valence-electron chi connectivity index (χ2n) is 4.57. The first-order valence-corrected chi connectivity index (χ1v) is 6.41. The second-order valence-corrected chi connectivity index (χ2v) is 4.98. The molecule has 21 heavy (non-hydrogen) atoms. The highest BCUT2D eigenvalue weighted by Crippen LogP contribution is 2.34. The number of rotatable bonds is 2. The first kappa shape index (κ1) is 14.8. The average molecular weight is 304 g/mol. The summed E-state index contributed by atoms with van der Waals surface area (Å²) in [5.74, 6) is 0.230. The quantitative estimate of drug-likeness (QED) is 0.679. The van der Waals surface area contributed by atoms with E-state index in [1.807, 2.05) is 19.9 Å². The van der Waals surface area contributed by atoms with Crippen molar-refractivity contribution in [2.45, 2.75) is 13.8 Å². The Bertz CT molecular complexity index is 797. The van der Waals surface area contributed by atoms with Crippen molar-refractivity contribution in [1.29, 1.82) is 5.26 Å². The highest BCUT2D eigenvalue weighted by Gasteiger charge is 2.21. The Morgan fingerprint density at radius 3 is 2.67 bits per heavy atom. The van der Waals surface area contributed by atoms with E-state index in [-0.39, 0.29) is 22.1 Å². The van der Waals surface area contributed by atoms with Crippen LogP contribution in [0.15, 0.2) is 18.2 Å². The van der Waals surface area contributed by atoms with Crippen LogP contribution in [0, 0.1) is 35.3 Å². The van der Waals surface area contributed by atoms with E-state index in [4.69, 9.17) is 17.3 Å². The number of hydrogen-bond acceptors (Lipinski definition) is 4. The van der Waals surface area contributed by atoms with Crippen LogP contribution in [-0.4, -0.2) is 4.92 Å². The number of aryl methyl sites for hydroxylation is 1. The summed E-state index contributed by atoms with van der Waals surface area (Å²) in [7, 11) is 0. The molecule has 2 rings (SSSR count). The zero-order chi connectivity index (χ0) is 15.7. The molecule has 0 fully saturated rings. The average Bonchev–Trinajstić information content (AvgIpc) is 2.43. The molecular weight excluding hydrogens is 292 g/mol. The highest BCUT2D eigenvalue weighted by atomic mass is 35.5. The Morgan fingerprint density at radius 1 is 1.43 bits per heavy atom. The van der Waals surface area contributed by atoms with Gasteiger partial charge in [0.25, 0.3) is 11.5 Å². The van der Waals surface area contributed by atoms with E-state index in [2.05, 4.69) is 4.98 Å². The number of halogens is 1. The fourth-order valence-corrected chi connectivity index (χ4v) is 2.34. The van der Waals surface area contributed by atoms with E-state index in [1.165, 1.54) is 12.1 Å². The fourth-order valence-electron chi connectivity index (χ4n) is 2.15. The van der Waals surface area contributed by atoms with Gasteiger partial charge in [0.2, 0.25) is 0 Å². The van der Waals surface area contributed by atoms with E-state index >= 15 is 0 Å². The summed E-state index contributed by atoms with van der Waals surface area (Å²) in [6, 6.07) is 6.46. The number of nitrogens with zero attached hydrogens (tertiary/aromatic N) is 2. The number of hydrogen-bond donors (Lipinski definition) is 1. The van der Waals surface area contributed by atoms with Gasteiger partial charge in [-0.1, -0.05) is 17.7 Å². The van der Waals surface area contributed by atoms with Gasteiger partial charge in [0.1, 0.15) is 22.3 Å². The molecule has 0 spiro atoms. The molecule has 0 radical (unpaired) electrons. The standard InChI is InChI=1S/C14H11ClN4O2/c1-7-8(2)18-14(17)10(6-16)13(7)9-3-4-11(15)12(5-9)19(20)21/h3-5H,1-2H3,(H2,17,18)/p+1. The third-order valence-electron chi connectivity index (χ3n) is 3.32. The summed E-state index contributed by atoms with van der Waals surface area (Å²) in [5.41, 5.74) is 8.58. The van der Waals surface area contributed by atoms with Gasteiger partial charge < -0.3 is 0 Å². The molecule has 0 aliphatic carbocycles. The molecule has 0 amide bonds. The van der Waals surface area contributed by atoms with Gasteiger partial charge in [-0.15, -0.1) is 0 Å². The first-order chi connectivity index (χ1) is 9.86. The number of anilines is 1.